The van der Waals surface area contributed by atoms with E-state index in [1.165, 1.54) is 126 Å². The number of aromatic nitrogens is 1. The molecular weight excluding hydrogens is 1000 g/mol. The number of benzene rings is 9. The third-order valence-corrected chi connectivity index (χ3v) is 20.9. The van der Waals surface area contributed by atoms with Crippen molar-refractivity contribution in [3.8, 4) is 27.9 Å². The highest BCUT2D eigenvalue weighted by atomic mass is 32.1. The van der Waals surface area contributed by atoms with Crippen LogP contribution < -0.4 is 20.0 Å². The highest BCUT2D eigenvalue weighted by Crippen LogP contribution is 2.59. The van der Waals surface area contributed by atoms with Crippen LogP contribution in [0.25, 0.3) is 81.8 Å². The van der Waals surface area contributed by atoms with Crippen molar-refractivity contribution in [1.82, 2.24) is 4.57 Å². The van der Waals surface area contributed by atoms with E-state index < -0.39 is 0 Å². The zero-order valence-electron chi connectivity index (χ0n) is 48.8. The van der Waals surface area contributed by atoms with Crippen molar-refractivity contribution in [1.29, 1.82) is 0 Å². The minimum atomic E-state index is -0.329. The van der Waals surface area contributed by atoms with Gasteiger partial charge in [-0.25, -0.2) is 0 Å². The zero-order chi connectivity index (χ0) is 55.6. The normalized spacial score (nSPS) is 16.3. The van der Waals surface area contributed by atoms with Gasteiger partial charge in [0.25, 0.3) is 0 Å². The summed E-state index contributed by atoms with van der Waals surface area (Å²) in [5.74, 6) is 0. The minimum absolute atomic E-state index is 0.00536. The molecule has 0 saturated carbocycles. The molecule has 0 spiro atoms. The summed E-state index contributed by atoms with van der Waals surface area (Å²) in [7, 11) is 0. The lowest BCUT2D eigenvalue weighted by Gasteiger charge is -2.42. The van der Waals surface area contributed by atoms with E-state index in [2.05, 4.69) is 267 Å². The van der Waals surface area contributed by atoms with Crippen molar-refractivity contribution >= 4 is 111 Å². The second-order valence-electron chi connectivity index (χ2n) is 28.0. The van der Waals surface area contributed by atoms with Gasteiger partial charge in [-0.1, -0.05) is 162 Å². The summed E-state index contributed by atoms with van der Waals surface area (Å²) in [4.78, 5) is 5.17. The van der Waals surface area contributed by atoms with Crippen LogP contribution in [0, 0.1) is 0 Å². The molecule has 12 aromatic rings. The van der Waals surface area contributed by atoms with Gasteiger partial charge in [0.2, 0.25) is 0 Å². The largest absolute Gasteiger partial charge is 0.455 e. The highest BCUT2D eigenvalue weighted by Gasteiger charge is 2.50. The molecule has 0 fully saturated rings. The Hall–Kier alpha value is -7.80. The van der Waals surface area contributed by atoms with Crippen molar-refractivity contribution in [2.24, 2.45) is 0 Å². The molecule has 16 rings (SSSR count). The Morgan fingerprint density at radius 3 is 1.84 bits per heavy atom. The topological polar surface area (TPSA) is 24.6 Å². The Balaban J connectivity index is 1.07. The van der Waals surface area contributed by atoms with Crippen LogP contribution in [-0.4, -0.2) is 11.4 Å². The number of hydrogen-bond acceptors (Lipinski definition) is 4. The summed E-state index contributed by atoms with van der Waals surface area (Å²) in [6.07, 6.45) is 2.29. The molecule has 6 heteroatoms. The molecule has 4 aliphatic rings. The van der Waals surface area contributed by atoms with Crippen LogP contribution in [0.5, 0.6) is 0 Å². The molecule has 5 heterocycles. The standard InChI is InChI=1S/C75H68BN3OS/c1-71(2,3)43-27-30-47(31-28-43)79-60-41-56-51(49-33-32-48(38-55(49)75(56,11)12)77(45-21-15-13-16-22-45)46-23-17-14-18-24-46)39-52(60)63-64-50-25-19-20-26-61(50)80-69(64)65-53-40-57-58(74(9,10)36-35-73(57,7)8)42-59(53)78-67-54-37-44(72(4,5)6)29-34-62(54)81-70(67)76(79)66(63)68(65)78/h13-34,37-42H,35-36H2,1-12H3. The maximum atomic E-state index is 7.50. The van der Waals surface area contributed by atoms with E-state index in [1.807, 2.05) is 11.3 Å². The fraction of sp³-hybridized carbons (Fsp3) is 0.253. The Morgan fingerprint density at radius 1 is 0.531 bits per heavy atom. The lowest BCUT2D eigenvalue weighted by atomic mass is 9.46. The number of para-hydroxylation sites is 3. The molecule has 81 heavy (non-hydrogen) atoms. The van der Waals surface area contributed by atoms with Crippen molar-refractivity contribution in [3.63, 3.8) is 0 Å². The molecule has 398 valence electrons. The number of nitrogens with zero attached hydrogens (tertiary/aromatic N) is 3. The van der Waals surface area contributed by atoms with E-state index >= 15 is 0 Å². The van der Waals surface area contributed by atoms with Crippen molar-refractivity contribution < 1.29 is 4.42 Å². The predicted octanol–water partition coefficient (Wildman–Crippen LogP) is 19.9. The van der Waals surface area contributed by atoms with E-state index in [-0.39, 0.29) is 33.9 Å². The summed E-state index contributed by atoms with van der Waals surface area (Å²) in [5.41, 5.74) is 26.1. The van der Waals surface area contributed by atoms with Gasteiger partial charge in [0.15, 0.2) is 0 Å². The average Bonchev–Trinajstić information content (AvgIpc) is 3.52. The van der Waals surface area contributed by atoms with Crippen LogP contribution in [-0.2, 0) is 27.1 Å². The molecule has 9 aromatic carbocycles. The number of hydrogen-bond donors (Lipinski definition) is 0. The molecule has 0 amide bonds. The van der Waals surface area contributed by atoms with Gasteiger partial charge in [0.05, 0.1) is 22.1 Å². The average molecular weight is 1070 g/mol. The Kier molecular flexibility index (Phi) is 9.83. The highest BCUT2D eigenvalue weighted by molar-refractivity contribution is 7.32. The molecule has 2 aliphatic heterocycles. The van der Waals surface area contributed by atoms with E-state index in [9.17, 15) is 0 Å². The van der Waals surface area contributed by atoms with E-state index in [0.29, 0.717) is 0 Å². The summed E-state index contributed by atoms with van der Waals surface area (Å²) in [5, 5.41) is 6.22. The van der Waals surface area contributed by atoms with Gasteiger partial charge in [-0.2, -0.15) is 0 Å². The number of anilines is 5. The number of rotatable bonds is 4. The number of furan rings is 1. The molecule has 0 unspecified atom stereocenters. The van der Waals surface area contributed by atoms with Crippen LogP contribution in [0.4, 0.5) is 28.4 Å². The molecule has 4 nitrogen and oxygen atoms in total. The Morgan fingerprint density at radius 2 is 1.16 bits per heavy atom. The van der Waals surface area contributed by atoms with Crippen molar-refractivity contribution in [3.05, 3.63) is 203 Å². The summed E-state index contributed by atoms with van der Waals surface area (Å²) in [6, 6.07) is 65.2. The molecule has 0 N–H and O–H groups in total. The zero-order valence-corrected chi connectivity index (χ0v) is 49.6. The second kappa shape index (κ2) is 16.2. The van der Waals surface area contributed by atoms with Crippen LogP contribution in [0.3, 0.4) is 0 Å². The number of thiophene rings is 1. The maximum Gasteiger partial charge on any atom is 0.343 e. The lowest BCUT2D eigenvalue weighted by molar-refractivity contribution is 0.332. The molecule has 2 aliphatic carbocycles. The van der Waals surface area contributed by atoms with Gasteiger partial charge in [-0.15, -0.1) is 11.3 Å². The lowest BCUT2D eigenvalue weighted by Crippen LogP contribution is -2.59. The van der Waals surface area contributed by atoms with Gasteiger partial charge in [0.1, 0.15) is 11.2 Å². The predicted molar refractivity (Wildman–Crippen MR) is 347 cm³/mol. The van der Waals surface area contributed by atoms with Gasteiger partial charge in [-0.3, -0.25) is 0 Å². The van der Waals surface area contributed by atoms with Crippen LogP contribution in [0.15, 0.2) is 174 Å². The first-order chi connectivity index (χ1) is 38.7. The Bertz CT molecular complexity index is 4650. The molecule has 3 aromatic heterocycles. The van der Waals surface area contributed by atoms with Gasteiger partial charge in [0, 0.05) is 70.4 Å². The van der Waals surface area contributed by atoms with Gasteiger partial charge >= 0.3 is 6.85 Å². The number of fused-ring (bicyclic) bond motifs is 19. The third kappa shape index (κ3) is 6.72. The molecule has 0 bridgehead atoms. The van der Waals surface area contributed by atoms with Crippen LogP contribution in [0.2, 0.25) is 0 Å². The molecule has 0 radical (unpaired) electrons. The van der Waals surface area contributed by atoms with E-state index in [0.717, 1.165) is 41.1 Å². The summed E-state index contributed by atoms with van der Waals surface area (Å²) in [6.45, 7) is 28.7. The molecule has 0 saturated heterocycles. The Labute approximate surface area is 480 Å². The van der Waals surface area contributed by atoms with E-state index in [4.69, 9.17) is 4.42 Å². The molecule has 0 atom stereocenters. The van der Waals surface area contributed by atoms with Crippen molar-refractivity contribution in [2.45, 2.75) is 123 Å². The maximum absolute atomic E-state index is 7.50. The van der Waals surface area contributed by atoms with Gasteiger partial charge in [-0.05, 0) is 181 Å². The van der Waals surface area contributed by atoms with Gasteiger partial charge < -0.3 is 18.7 Å². The first kappa shape index (κ1) is 49.1. The monoisotopic (exact) mass is 1070 g/mol. The fourth-order valence-corrected chi connectivity index (χ4v) is 16.4. The first-order valence-electron chi connectivity index (χ1n) is 29.4. The molecular formula is C75H68BN3OS. The fourth-order valence-electron chi connectivity index (χ4n) is 15.1. The smallest absolute Gasteiger partial charge is 0.343 e. The summed E-state index contributed by atoms with van der Waals surface area (Å²) >= 11 is 2.00. The third-order valence-electron chi connectivity index (χ3n) is 19.7. The van der Waals surface area contributed by atoms with Crippen LogP contribution >= 0.6 is 11.3 Å². The quantitative estimate of drug-likeness (QED) is 0.164. The van der Waals surface area contributed by atoms with E-state index in [1.54, 1.807) is 0 Å². The first-order valence-corrected chi connectivity index (χ1v) is 30.2. The SMILES string of the molecule is CC(C)(C)c1ccc(N2B3c4sc5ccc(C(C)(C)C)cc5c4-n4c5cc6c(cc5c5c7oc8ccccc8c7c(c3c54)-c3cc4c(cc32)C(C)(C)c2cc(N(c3ccccc3)c3ccccc3)ccc2-4)C(C)(C)CCC6(C)C)cc1. The van der Waals surface area contributed by atoms with Crippen molar-refractivity contribution in [2.75, 3.05) is 9.71 Å². The second-order valence-corrected chi connectivity index (χ2v) is 29.0. The minimum Gasteiger partial charge on any atom is -0.455 e. The van der Waals surface area contributed by atoms with Crippen LogP contribution in [0.1, 0.15) is 129 Å². The summed E-state index contributed by atoms with van der Waals surface area (Å²) < 4.78 is 13.0.